The van der Waals surface area contributed by atoms with Crippen LogP contribution in [0.5, 0.6) is 0 Å². The molecule has 0 fully saturated rings. The molecule has 42 heavy (non-hydrogen) atoms. The Morgan fingerprint density at radius 2 is 1.21 bits per heavy atom. The SMILES string of the molecule is CC(N)c1ccccc1.CCCCCCCCCCCC(CC(O)C(CCCCCC)C(=O)O)OCc1ccccc1. The van der Waals surface area contributed by atoms with Crippen LogP contribution < -0.4 is 5.73 Å². The summed E-state index contributed by atoms with van der Waals surface area (Å²) in [5.41, 5.74) is 7.92. The van der Waals surface area contributed by atoms with Gasteiger partial charge in [-0.05, 0) is 30.9 Å². The molecule has 2 aromatic carbocycles. The fourth-order valence-corrected chi connectivity index (χ4v) is 5.20. The van der Waals surface area contributed by atoms with Crippen molar-refractivity contribution in [1.29, 1.82) is 0 Å². The first-order valence-electron chi connectivity index (χ1n) is 16.8. The molecule has 0 bridgehead atoms. The lowest BCUT2D eigenvalue weighted by atomic mass is 9.90. The maximum Gasteiger partial charge on any atom is 0.309 e. The highest BCUT2D eigenvalue weighted by atomic mass is 16.5. The van der Waals surface area contributed by atoms with Gasteiger partial charge in [-0.2, -0.15) is 0 Å². The molecule has 0 amide bonds. The van der Waals surface area contributed by atoms with Gasteiger partial charge in [0.1, 0.15) is 0 Å². The number of aliphatic carboxylic acids is 1. The van der Waals surface area contributed by atoms with Crippen LogP contribution >= 0.6 is 0 Å². The van der Waals surface area contributed by atoms with Gasteiger partial charge in [0.25, 0.3) is 0 Å². The number of rotatable bonds is 23. The van der Waals surface area contributed by atoms with E-state index >= 15 is 0 Å². The smallest absolute Gasteiger partial charge is 0.309 e. The molecule has 0 aromatic heterocycles. The zero-order valence-electron chi connectivity index (χ0n) is 26.9. The summed E-state index contributed by atoms with van der Waals surface area (Å²) in [6, 6.07) is 20.3. The number of carboxylic acid groups (broad SMARTS) is 1. The minimum absolute atomic E-state index is 0.109. The molecule has 0 aliphatic carbocycles. The Kier molecular flexibility index (Phi) is 22.8. The van der Waals surface area contributed by atoms with E-state index in [1.165, 1.54) is 56.9 Å². The van der Waals surface area contributed by atoms with Crippen molar-refractivity contribution in [3.63, 3.8) is 0 Å². The first kappa shape index (κ1) is 37.8. The summed E-state index contributed by atoms with van der Waals surface area (Å²) in [7, 11) is 0. The van der Waals surface area contributed by atoms with Gasteiger partial charge >= 0.3 is 5.97 Å². The number of carboxylic acids is 1. The lowest BCUT2D eigenvalue weighted by molar-refractivity contribution is -0.147. The highest BCUT2D eigenvalue weighted by Crippen LogP contribution is 2.23. The van der Waals surface area contributed by atoms with E-state index in [0.29, 0.717) is 19.4 Å². The highest BCUT2D eigenvalue weighted by Gasteiger charge is 2.28. The van der Waals surface area contributed by atoms with E-state index in [2.05, 4.69) is 13.8 Å². The Morgan fingerprint density at radius 1 is 0.738 bits per heavy atom. The van der Waals surface area contributed by atoms with Crippen LogP contribution in [0.15, 0.2) is 60.7 Å². The van der Waals surface area contributed by atoms with Crippen LogP contribution in [0, 0.1) is 5.92 Å². The quantitative estimate of drug-likeness (QED) is 0.113. The van der Waals surface area contributed by atoms with Crippen molar-refractivity contribution in [2.75, 3.05) is 0 Å². The van der Waals surface area contributed by atoms with Gasteiger partial charge in [0.2, 0.25) is 0 Å². The zero-order valence-corrected chi connectivity index (χ0v) is 26.9. The Labute approximate surface area is 257 Å². The number of hydrogen-bond donors (Lipinski definition) is 3. The van der Waals surface area contributed by atoms with Crippen molar-refractivity contribution < 1.29 is 19.7 Å². The average molecular weight is 584 g/mol. The van der Waals surface area contributed by atoms with Gasteiger partial charge < -0.3 is 20.7 Å². The van der Waals surface area contributed by atoms with E-state index in [-0.39, 0.29) is 12.1 Å². The Balaban J connectivity index is 0.000000827. The monoisotopic (exact) mass is 583 g/mol. The van der Waals surface area contributed by atoms with Gasteiger partial charge in [0.05, 0.1) is 24.7 Å². The third kappa shape index (κ3) is 19.1. The Hall–Kier alpha value is -2.21. The van der Waals surface area contributed by atoms with E-state index in [1.54, 1.807) is 0 Å². The van der Waals surface area contributed by atoms with Crippen molar-refractivity contribution in [2.45, 2.75) is 148 Å². The van der Waals surface area contributed by atoms with Crippen LogP contribution in [-0.4, -0.2) is 28.4 Å². The summed E-state index contributed by atoms with van der Waals surface area (Å²) in [6.45, 7) is 6.88. The summed E-state index contributed by atoms with van der Waals surface area (Å²) >= 11 is 0. The summed E-state index contributed by atoms with van der Waals surface area (Å²) in [4.78, 5) is 11.8. The van der Waals surface area contributed by atoms with Crippen LogP contribution in [0.25, 0.3) is 0 Å². The second-order valence-electron chi connectivity index (χ2n) is 11.8. The predicted molar refractivity (Wildman–Crippen MR) is 176 cm³/mol. The van der Waals surface area contributed by atoms with Crippen molar-refractivity contribution in [3.05, 3.63) is 71.8 Å². The first-order valence-corrected chi connectivity index (χ1v) is 16.8. The van der Waals surface area contributed by atoms with Crippen molar-refractivity contribution in [1.82, 2.24) is 0 Å². The van der Waals surface area contributed by atoms with Crippen molar-refractivity contribution in [2.24, 2.45) is 11.7 Å². The van der Waals surface area contributed by atoms with Crippen LogP contribution in [0.3, 0.4) is 0 Å². The minimum Gasteiger partial charge on any atom is -0.481 e. The fourth-order valence-electron chi connectivity index (χ4n) is 5.20. The summed E-state index contributed by atoms with van der Waals surface area (Å²) in [6.07, 6.45) is 16.4. The fraction of sp³-hybridized carbons (Fsp3) is 0.649. The van der Waals surface area contributed by atoms with Crippen LogP contribution in [0.1, 0.15) is 141 Å². The molecule has 0 spiro atoms. The third-order valence-corrected chi connectivity index (χ3v) is 7.94. The lowest BCUT2D eigenvalue weighted by Crippen LogP contribution is -2.32. The number of hydrogen-bond acceptors (Lipinski definition) is 4. The number of ether oxygens (including phenoxy) is 1. The molecule has 2 rings (SSSR count). The molecule has 0 aliphatic rings. The molecular weight excluding hydrogens is 522 g/mol. The maximum absolute atomic E-state index is 11.8. The number of unbranched alkanes of at least 4 members (excludes halogenated alkanes) is 11. The largest absolute Gasteiger partial charge is 0.481 e. The van der Waals surface area contributed by atoms with Crippen LogP contribution in [0.2, 0.25) is 0 Å². The van der Waals surface area contributed by atoms with Crippen molar-refractivity contribution >= 4 is 5.97 Å². The van der Waals surface area contributed by atoms with Gasteiger partial charge in [-0.1, -0.05) is 158 Å². The van der Waals surface area contributed by atoms with Gasteiger partial charge in [-0.15, -0.1) is 0 Å². The van der Waals surface area contributed by atoms with E-state index in [4.69, 9.17) is 10.5 Å². The summed E-state index contributed by atoms with van der Waals surface area (Å²) < 4.78 is 6.19. The lowest BCUT2D eigenvalue weighted by Gasteiger charge is -2.25. The topological polar surface area (TPSA) is 92.8 Å². The standard InChI is InChI=1S/C29H50O4.C8H11N/c1-3-5-7-9-10-11-12-13-17-21-26(33-24-25-19-15-14-16-20-25)23-28(30)27(29(31)32)22-18-8-6-4-2;1-7(9)8-5-3-2-4-6-8/h14-16,19-20,26-28,30H,3-13,17-18,21-24H2,1-2H3,(H,31,32);2-7H,9H2,1H3. The number of nitrogens with two attached hydrogens (primary N) is 1. The number of benzene rings is 2. The van der Waals surface area contributed by atoms with Crippen LogP contribution in [-0.2, 0) is 16.1 Å². The first-order chi connectivity index (χ1) is 20.4. The van der Waals surface area contributed by atoms with Crippen molar-refractivity contribution in [3.8, 4) is 0 Å². The van der Waals surface area contributed by atoms with Gasteiger partial charge in [-0.3, -0.25) is 4.79 Å². The van der Waals surface area contributed by atoms with Gasteiger partial charge in [0, 0.05) is 12.5 Å². The molecule has 2 aromatic rings. The van der Waals surface area contributed by atoms with E-state index in [9.17, 15) is 15.0 Å². The Morgan fingerprint density at radius 3 is 1.71 bits per heavy atom. The normalized spacial score (nSPS) is 13.9. The van der Waals surface area contributed by atoms with Crippen LogP contribution in [0.4, 0.5) is 0 Å². The predicted octanol–water partition coefficient (Wildman–Crippen LogP) is 9.62. The molecule has 238 valence electrons. The molecular formula is C37H61NO4. The van der Waals surface area contributed by atoms with Gasteiger partial charge in [-0.25, -0.2) is 0 Å². The molecule has 0 saturated heterocycles. The molecule has 5 heteroatoms. The molecule has 0 heterocycles. The molecule has 0 radical (unpaired) electrons. The summed E-state index contributed by atoms with van der Waals surface area (Å²) in [5.74, 6) is -1.59. The third-order valence-electron chi connectivity index (χ3n) is 7.94. The van der Waals surface area contributed by atoms with Gasteiger partial charge in [0.15, 0.2) is 0 Å². The molecule has 0 aliphatic heterocycles. The number of aliphatic hydroxyl groups is 1. The molecule has 4 unspecified atom stereocenters. The van der Waals surface area contributed by atoms with E-state index in [1.807, 2.05) is 67.6 Å². The molecule has 0 saturated carbocycles. The highest BCUT2D eigenvalue weighted by molar-refractivity contribution is 5.70. The zero-order chi connectivity index (χ0) is 30.8. The summed E-state index contributed by atoms with van der Waals surface area (Å²) in [5, 5.41) is 20.5. The number of aliphatic hydroxyl groups excluding tert-OH is 1. The Bertz CT molecular complexity index is 874. The van der Waals surface area contributed by atoms with E-state index < -0.39 is 18.0 Å². The number of carbonyl (C=O) groups is 1. The maximum atomic E-state index is 11.8. The second-order valence-corrected chi connectivity index (χ2v) is 11.8. The second kappa shape index (κ2) is 25.3. The van der Waals surface area contributed by atoms with E-state index in [0.717, 1.165) is 44.1 Å². The molecule has 5 nitrogen and oxygen atoms in total. The molecule has 4 atom stereocenters. The average Bonchev–Trinajstić information content (AvgIpc) is 3.00. The minimum atomic E-state index is -0.885. The molecule has 4 N–H and O–H groups in total.